The van der Waals surface area contributed by atoms with Crippen molar-refractivity contribution in [3.63, 3.8) is 0 Å². The van der Waals surface area contributed by atoms with Crippen LogP contribution in [0.5, 0.6) is 0 Å². The predicted octanol–water partition coefficient (Wildman–Crippen LogP) is 1.34. The van der Waals surface area contributed by atoms with Gasteiger partial charge < -0.3 is 25.8 Å². The van der Waals surface area contributed by atoms with Crippen molar-refractivity contribution in [3.8, 4) is 0 Å². The number of nitro groups is 1. The quantitative estimate of drug-likeness (QED) is 0.227. The molecule has 1 aromatic carbocycles. The number of dihydropyridines is 1. The molecule has 1 aromatic rings. The van der Waals surface area contributed by atoms with Crippen LogP contribution in [0.1, 0.15) is 39.2 Å². The summed E-state index contributed by atoms with van der Waals surface area (Å²) >= 11 is 0. The Kier molecular flexibility index (Phi) is 8.70. The number of benzene rings is 1. The van der Waals surface area contributed by atoms with E-state index in [-0.39, 0.29) is 22.8 Å². The number of hydrogen-bond acceptors (Lipinski definition) is 8. The molecule has 0 radical (unpaired) electrons. The fourth-order valence-corrected chi connectivity index (χ4v) is 3.82. The zero-order chi connectivity index (χ0) is 26.4. The molecule has 2 rings (SSSR count). The summed E-state index contributed by atoms with van der Waals surface area (Å²) in [6.45, 7) is 5.94. The van der Waals surface area contributed by atoms with Crippen LogP contribution < -0.4 is 16.0 Å². The second-order valence-corrected chi connectivity index (χ2v) is 8.29. The minimum atomic E-state index is -1.20. The SMILES string of the molecule is COC(=O)C1=C(C)NC(C)=C(C(=O)NCC(=O)NC(C(=O)O)C(C)C)C1c1cccc([N+](=O)[O-])c1. The van der Waals surface area contributed by atoms with E-state index in [0.717, 1.165) is 0 Å². The Hall–Kier alpha value is -4.22. The lowest BCUT2D eigenvalue weighted by Crippen LogP contribution is -2.48. The van der Waals surface area contributed by atoms with Gasteiger partial charge in [0.15, 0.2) is 0 Å². The number of esters is 1. The highest BCUT2D eigenvalue weighted by Crippen LogP contribution is 2.39. The maximum atomic E-state index is 13.2. The number of carbonyl (C=O) groups is 4. The maximum absolute atomic E-state index is 13.2. The van der Waals surface area contributed by atoms with Crippen LogP contribution in [-0.4, -0.2) is 53.5 Å². The molecule has 1 aliphatic rings. The first-order chi connectivity index (χ1) is 16.4. The molecule has 12 nitrogen and oxygen atoms in total. The topological polar surface area (TPSA) is 177 Å². The van der Waals surface area contributed by atoms with Crippen molar-refractivity contribution in [2.45, 2.75) is 39.7 Å². The maximum Gasteiger partial charge on any atom is 0.336 e. The van der Waals surface area contributed by atoms with Gasteiger partial charge in [0, 0.05) is 29.1 Å². The van der Waals surface area contributed by atoms with Gasteiger partial charge in [0.1, 0.15) is 6.04 Å². The van der Waals surface area contributed by atoms with Crippen molar-refractivity contribution in [1.29, 1.82) is 0 Å². The number of ether oxygens (including phenoxy) is 1. The highest BCUT2D eigenvalue weighted by atomic mass is 16.6. The molecule has 12 heteroatoms. The lowest BCUT2D eigenvalue weighted by molar-refractivity contribution is -0.384. The number of carboxylic acids is 1. The predicted molar refractivity (Wildman–Crippen MR) is 124 cm³/mol. The smallest absolute Gasteiger partial charge is 0.336 e. The lowest BCUT2D eigenvalue weighted by atomic mass is 9.80. The van der Waals surface area contributed by atoms with Gasteiger partial charge >= 0.3 is 11.9 Å². The van der Waals surface area contributed by atoms with E-state index in [1.165, 1.54) is 25.3 Å². The number of allylic oxidation sites excluding steroid dienone is 2. The summed E-state index contributed by atoms with van der Waals surface area (Å²) in [5.74, 6) is -4.77. The molecule has 0 spiro atoms. The number of rotatable bonds is 9. The highest BCUT2D eigenvalue weighted by molar-refractivity contribution is 6.03. The van der Waals surface area contributed by atoms with Gasteiger partial charge in [0.05, 0.1) is 30.1 Å². The largest absolute Gasteiger partial charge is 0.480 e. The molecule has 0 fully saturated rings. The molecule has 1 aliphatic heterocycles. The summed E-state index contributed by atoms with van der Waals surface area (Å²) in [6, 6.07) is 4.40. The van der Waals surface area contributed by atoms with E-state index in [2.05, 4.69) is 16.0 Å². The molecule has 0 saturated heterocycles. The number of nitrogens with zero attached hydrogens (tertiary/aromatic N) is 1. The van der Waals surface area contributed by atoms with Crippen LogP contribution in [0, 0.1) is 16.0 Å². The third-order valence-electron chi connectivity index (χ3n) is 5.48. The van der Waals surface area contributed by atoms with Crippen molar-refractivity contribution in [2.75, 3.05) is 13.7 Å². The molecular formula is C23H28N4O8. The van der Waals surface area contributed by atoms with Crippen molar-refractivity contribution in [3.05, 3.63) is 62.5 Å². The molecule has 4 N–H and O–H groups in total. The number of carboxylic acid groups (broad SMARTS) is 1. The Bertz CT molecular complexity index is 1120. The van der Waals surface area contributed by atoms with Crippen LogP contribution in [-0.2, 0) is 23.9 Å². The van der Waals surface area contributed by atoms with Gasteiger partial charge in [0.25, 0.3) is 5.69 Å². The molecule has 2 atom stereocenters. The highest BCUT2D eigenvalue weighted by Gasteiger charge is 2.37. The number of amides is 2. The number of hydrogen-bond donors (Lipinski definition) is 4. The van der Waals surface area contributed by atoms with E-state index in [0.29, 0.717) is 17.0 Å². The van der Waals surface area contributed by atoms with Gasteiger partial charge in [-0.2, -0.15) is 0 Å². The van der Waals surface area contributed by atoms with Crippen molar-refractivity contribution in [2.24, 2.45) is 5.92 Å². The van der Waals surface area contributed by atoms with Crippen LogP contribution in [0.25, 0.3) is 0 Å². The van der Waals surface area contributed by atoms with Crippen LogP contribution in [0.2, 0.25) is 0 Å². The summed E-state index contributed by atoms with van der Waals surface area (Å²) in [6.07, 6.45) is 0. The minimum absolute atomic E-state index is 0.0583. The normalized spacial score (nSPS) is 16.3. The molecule has 2 amide bonds. The molecule has 0 aromatic heterocycles. The number of non-ortho nitro benzene ring substituents is 1. The Labute approximate surface area is 201 Å². The van der Waals surface area contributed by atoms with Crippen molar-refractivity contribution >= 4 is 29.4 Å². The zero-order valence-corrected chi connectivity index (χ0v) is 20.0. The summed E-state index contributed by atoms with van der Waals surface area (Å²) in [5.41, 5.74) is 0.992. The minimum Gasteiger partial charge on any atom is -0.480 e. The average molecular weight is 488 g/mol. The van der Waals surface area contributed by atoms with Crippen LogP contribution in [0.15, 0.2) is 46.8 Å². The van der Waals surface area contributed by atoms with E-state index in [4.69, 9.17) is 4.74 Å². The number of carbonyl (C=O) groups excluding carboxylic acids is 3. The molecule has 35 heavy (non-hydrogen) atoms. The van der Waals surface area contributed by atoms with Gasteiger partial charge in [-0.1, -0.05) is 26.0 Å². The standard InChI is InChI=1S/C23H28N4O8/c1-11(2)20(22(30)31)26-16(28)10-24-21(29)17-12(3)25-13(4)18(23(32)35-5)19(17)14-7-6-8-15(9-14)27(33)34/h6-9,11,19-20,25H,10H2,1-5H3,(H,24,29)(H,26,28)(H,30,31). The van der Waals surface area contributed by atoms with E-state index in [1.54, 1.807) is 33.8 Å². The number of methoxy groups -OCH3 is 1. The van der Waals surface area contributed by atoms with Gasteiger partial charge in [-0.05, 0) is 25.3 Å². The van der Waals surface area contributed by atoms with Gasteiger partial charge in [-0.15, -0.1) is 0 Å². The first kappa shape index (κ1) is 27.0. The fraction of sp³-hybridized carbons (Fsp3) is 0.391. The summed E-state index contributed by atoms with van der Waals surface area (Å²) in [4.78, 5) is 60.2. The Balaban J connectivity index is 2.41. The van der Waals surface area contributed by atoms with E-state index in [1.807, 2.05) is 0 Å². The Morgan fingerprint density at radius 2 is 1.80 bits per heavy atom. The van der Waals surface area contributed by atoms with Crippen LogP contribution >= 0.6 is 0 Å². The molecule has 0 bridgehead atoms. The number of nitro benzene ring substituents is 1. The summed E-state index contributed by atoms with van der Waals surface area (Å²) in [7, 11) is 1.18. The summed E-state index contributed by atoms with van der Waals surface area (Å²) in [5, 5.41) is 28.3. The second-order valence-electron chi connectivity index (χ2n) is 8.29. The van der Waals surface area contributed by atoms with E-state index < -0.39 is 47.2 Å². The molecule has 0 saturated carbocycles. The summed E-state index contributed by atoms with van der Waals surface area (Å²) < 4.78 is 4.89. The van der Waals surface area contributed by atoms with Gasteiger partial charge in [-0.3, -0.25) is 19.7 Å². The lowest BCUT2D eigenvalue weighted by Gasteiger charge is -2.30. The van der Waals surface area contributed by atoms with Crippen LogP contribution in [0.3, 0.4) is 0 Å². The fourth-order valence-electron chi connectivity index (χ4n) is 3.82. The van der Waals surface area contributed by atoms with Gasteiger partial charge in [0.2, 0.25) is 11.8 Å². The molecular weight excluding hydrogens is 460 g/mol. The number of aliphatic carboxylic acids is 1. The third kappa shape index (κ3) is 6.22. The van der Waals surface area contributed by atoms with Crippen molar-refractivity contribution in [1.82, 2.24) is 16.0 Å². The second kappa shape index (κ2) is 11.3. The van der Waals surface area contributed by atoms with Gasteiger partial charge in [-0.25, -0.2) is 9.59 Å². The monoisotopic (exact) mass is 488 g/mol. The zero-order valence-electron chi connectivity index (χ0n) is 20.0. The van der Waals surface area contributed by atoms with Crippen LogP contribution in [0.4, 0.5) is 5.69 Å². The molecule has 2 unspecified atom stereocenters. The Morgan fingerprint density at radius 1 is 1.17 bits per heavy atom. The average Bonchev–Trinajstić information content (AvgIpc) is 2.79. The first-order valence-electron chi connectivity index (χ1n) is 10.7. The third-order valence-corrected chi connectivity index (χ3v) is 5.48. The number of nitrogens with one attached hydrogen (secondary N) is 3. The molecule has 0 aliphatic carbocycles. The molecule has 188 valence electrons. The van der Waals surface area contributed by atoms with E-state index >= 15 is 0 Å². The van der Waals surface area contributed by atoms with E-state index in [9.17, 15) is 34.4 Å². The first-order valence-corrected chi connectivity index (χ1v) is 10.7. The molecule has 1 heterocycles. The Morgan fingerprint density at radius 3 is 2.34 bits per heavy atom. The van der Waals surface area contributed by atoms with Crippen molar-refractivity contribution < 1.29 is 33.9 Å².